The third-order valence-electron chi connectivity index (χ3n) is 4.11. The molecule has 0 aromatic carbocycles. The molecule has 25 heavy (non-hydrogen) atoms. The Balaban J connectivity index is 1.88. The van der Waals surface area contributed by atoms with Crippen LogP contribution in [0.3, 0.4) is 0 Å². The zero-order valence-corrected chi connectivity index (χ0v) is 16.2. The third kappa shape index (κ3) is 6.70. The molecule has 0 radical (unpaired) electrons. The van der Waals surface area contributed by atoms with Gasteiger partial charge in [0.15, 0.2) is 5.96 Å². The van der Waals surface area contributed by atoms with Crippen molar-refractivity contribution in [2.45, 2.75) is 39.2 Å². The third-order valence-corrected chi connectivity index (χ3v) is 5.45. The zero-order chi connectivity index (χ0) is 18.3. The van der Waals surface area contributed by atoms with Crippen LogP contribution in [-0.4, -0.2) is 57.2 Å². The van der Waals surface area contributed by atoms with Crippen molar-refractivity contribution in [1.82, 2.24) is 14.9 Å². The lowest BCUT2D eigenvalue weighted by molar-refractivity contribution is 0.387. The number of aliphatic imine (C=N–C) groups is 1. The van der Waals surface area contributed by atoms with Gasteiger partial charge in [-0.05, 0) is 30.9 Å². The van der Waals surface area contributed by atoms with Crippen molar-refractivity contribution in [2.75, 3.05) is 32.4 Å². The normalized spacial score (nSPS) is 19.5. The van der Waals surface area contributed by atoms with Crippen LogP contribution in [0.5, 0.6) is 0 Å². The van der Waals surface area contributed by atoms with Gasteiger partial charge in [0.25, 0.3) is 0 Å². The molecule has 7 nitrogen and oxygen atoms in total. The van der Waals surface area contributed by atoms with Crippen molar-refractivity contribution < 1.29 is 12.8 Å². The van der Waals surface area contributed by atoms with Crippen LogP contribution in [0.4, 0.5) is 0 Å². The van der Waals surface area contributed by atoms with E-state index in [1.165, 1.54) is 6.26 Å². The van der Waals surface area contributed by atoms with E-state index in [9.17, 15) is 8.42 Å². The maximum atomic E-state index is 11.8. The molecule has 1 aliphatic heterocycles. The molecule has 1 aromatic heterocycles. The topological polar surface area (TPSA) is 86.9 Å². The van der Waals surface area contributed by atoms with Gasteiger partial charge in [0.2, 0.25) is 10.0 Å². The summed E-state index contributed by atoms with van der Waals surface area (Å²) in [5.41, 5.74) is 0. The molecule has 0 aliphatic carbocycles. The molecule has 0 bridgehead atoms. The lowest BCUT2D eigenvalue weighted by atomic mass is 10.2. The lowest BCUT2D eigenvalue weighted by Gasteiger charge is -2.23. The van der Waals surface area contributed by atoms with Crippen molar-refractivity contribution >= 4 is 16.0 Å². The Morgan fingerprint density at radius 1 is 1.44 bits per heavy atom. The highest BCUT2D eigenvalue weighted by Gasteiger charge is 2.31. The first kappa shape index (κ1) is 19.8. The summed E-state index contributed by atoms with van der Waals surface area (Å²) >= 11 is 0. The van der Waals surface area contributed by atoms with Crippen LogP contribution >= 0.6 is 0 Å². The quantitative estimate of drug-likeness (QED) is 0.534. The number of nitrogens with one attached hydrogen (secondary N) is 2. The van der Waals surface area contributed by atoms with E-state index in [0.29, 0.717) is 25.6 Å². The van der Waals surface area contributed by atoms with Crippen molar-refractivity contribution in [3.05, 3.63) is 24.2 Å². The number of guanidine groups is 1. The minimum absolute atomic E-state index is 0.00822. The standard InChI is InChI=1S/C17H30N4O3S/c1-14(2)12-19-17(18-9-8-16-7-5-11-24-16)20-13-15-6-4-10-21(15)25(3,22)23/h5,7,11,14-15H,4,6,8-10,12-13H2,1-3H3,(H2,18,19,20)/t15-/m1/s1. The number of hydrogen-bond donors (Lipinski definition) is 2. The van der Waals surface area contributed by atoms with E-state index in [4.69, 9.17) is 4.42 Å². The van der Waals surface area contributed by atoms with E-state index >= 15 is 0 Å². The van der Waals surface area contributed by atoms with E-state index in [1.54, 1.807) is 10.6 Å². The largest absolute Gasteiger partial charge is 0.469 e. The summed E-state index contributed by atoms with van der Waals surface area (Å²) in [4.78, 5) is 4.59. The van der Waals surface area contributed by atoms with Gasteiger partial charge in [0, 0.05) is 38.6 Å². The highest BCUT2D eigenvalue weighted by molar-refractivity contribution is 7.88. The van der Waals surface area contributed by atoms with Gasteiger partial charge in [0.1, 0.15) is 5.76 Å². The van der Waals surface area contributed by atoms with Crippen LogP contribution in [-0.2, 0) is 16.4 Å². The fourth-order valence-corrected chi connectivity index (χ4v) is 4.05. The molecule has 2 rings (SSSR count). The molecule has 0 unspecified atom stereocenters. The lowest BCUT2D eigenvalue weighted by Crippen LogP contribution is -2.46. The van der Waals surface area contributed by atoms with E-state index < -0.39 is 10.0 Å². The average molecular weight is 371 g/mol. The van der Waals surface area contributed by atoms with Crippen molar-refractivity contribution in [3.63, 3.8) is 0 Å². The SMILES string of the molecule is CC(C)CN=C(NCCc1ccco1)NC[C@H]1CCCN1S(C)(=O)=O. The minimum Gasteiger partial charge on any atom is -0.469 e. The Bertz CT molecular complexity index is 641. The first-order valence-corrected chi connectivity index (χ1v) is 10.7. The molecule has 1 fully saturated rings. The molecule has 0 spiro atoms. The van der Waals surface area contributed by atoms with Crippen LogP contribution < -0.4 is 10.6 Å². The monoisotopic (exact) mass is 370 g/mol. The number of rotatable bonds is 8. The predicted molar refractivity (Wildman–Crippen MR) is 100 cm³/mol. The summed E-state index contributed by atoms with van der Waals surface area (Å²) in [5, 5.41) is 6.60. The van der Waals surface area contributed by atoms with Gasteiger partial charge in [-0.2, -0.15) is 4.31 Å². The van der Waals surface area contributed by atoms with Gasteiger partial charge in [0.05, 0.1) is 12.5 Å². The second-order valence-electron chi connectivity index (χ2n) is 6.89. The highest BCUT2D eigenvalue weighted by Crippen LogP contribution is 2.19. The van der Waals surface area contributed by atoms with Crippen molar-refractivity contribution in [2.24, 2.45) is 10.9 Å². The van der Waals surface area contributed by atoms with E-state index in [-0.39, 0.29) is 6.04 Å². The summed E-state index contributed by atoms with van der Waals surface area (Å²) in [6.45, 7) is 6.83. The number of nitrogens with zero attached hydrogens (tertiary/aromatic N) is 2. The molecule has 2 heterocycles. The molecule has 2 N–H and O–H groups in total. The Labute approximate surface area is 150 Å². The van der Waals surface area contributed by atoms with Crippen LogP contribution in [0.2, 0.25) is 0 Å². The molecule has 1 aliphatic rings. The van der Waals surface area contributed by atoms with Crippen LogP contribution in [0.15, 0.2) is 27.8 Å². The first-order chi connectivity index (χ1) is 11.9. The minimum atomic E-state index is -3.15. The van der Waals surface area contributed by atoms with Crippen LogP contribution in [0.25, 0.3) is 0 Å². The van der Waals surface area contributed by atoms with E-state index in [1.807, 2.05) is 12.1 Å². The Kier molecular flexibility index (Phi) is 7.31. The summed E-state index contributed by atoms with van der Waals surface area (Å²) in [5.74, 6) is 2.11. The number of sulfonamides is 1. The molecular formula is C17H30N4O3S. The van der Waals surface area contributed by atoms with Gasteiger partial charge in [-0.3, -0.25) is 4.99 Å². The second kappa shape index (κ2) is 9.24. The highest BCUT2D eigenvalue weighted by atomic mass is 32.2. The van der Waals surface area contributed by atoms with Crippen molar-refractivity contribution in [3.8, 4) is 0 Å². The summed E-state index contributed by atoms with van der Waals surface area (Å²) < 4.78 is 30.6. The Hall–Kier alpha value is -1.54. The Morgan fingerprint density at radius 2 is 2.24 bits per heavy atom. The van der Waals surface area contributed by atoms with E-state index in [2.05, 4.69) is 29.5 Å². The molecule has 142 valence electrons. The predicted octanol–water partition coefficient (Wildman–Crippen LogP) is 1.44. The fourth-order valence-electron chi connectivity index (χ4n) is 2.87. The first-order valence-electron chi connectivity index (χ1n) is 8.87. The maximum Gasteiger partial charge on any atom is 0.211 e. The zero-order valence-electron chi connectivity index (χ0n) is 15.4. The van der Waals surface area contributed by atoms with Crippen LogP contribution in [0.1, 0.15) is 32.4 Å². The molecule has 1 saturated heterocycles. The molecule has 0 amide bonds. The summed E-state index contributed by atoms with van der Waals surface area (Å²) in [6.07, 6.45) is 5.50. The average Bonchev–Trinajstić information content (AvgIpc) is 3.19. The van der Waals surface area contributed by atoms with E-state index in [0.717, 1.165) is 37.5 Å². The molecule has 1 aromatic rings. The van der Waals surface area contributed by atoms with Gasteiger partial charge >= 0.3 is 0 Å². The molecule has 1 atom stereocenters. The fraction of sp³-hybridized carbons (Fsp3) is 0.706. The molecule has 0 saturated carbocycles. The summed E-state index contributed by atoms with van der Waals surface area (Å²) in [7, 11) is -3.15. The van der Waals surface area contributed by atoms with Crippen molar-refractivity contribution in [1.29, 1.82) is 0 Å². The number of furan rings is 1. The molecule has 8 heteroatoms. The van der Waals surface area contributed by atoms with Gasteiger partial charge < -0.3 is 15.1 Å². The maximum absolute atomic E-state index is 11.8. The Morgan fingerprint density at radius 3 is 2.88 bits per heavy atom. The van der Waals surface area contributed by atoms with Gasteiger partial charge in [-0.15, -0.1) is 0 Å². The molecular weight excluding hydrogens is 340 g/mol. The summed E-state index contributed by atoms with van der Waals surface area (Å²) in [6, 6.07) is 3.81. The number of hydrogen-bond acceptors (Lipinski definition) is 4. The van der Waals surface area contributed by atoms with Gasteiger partial charge in [-0.25, -0.2) is 8.42 Å². The van der Waals surface area contributed by atoms with Gasteiger partial charge in [-0.1, -0.05) is 13.8 Å². The van der Waals surface area contributed by atoms with Crippen LogP contribution in [0, 0.1) is 5.92 Å². The smallest absolute Gasteiger partial charge is 0.211 e. The second-order valence-corrected chi connectivity index (χ2v) is 8.83.